The van der Waals surface area contributed by atoms with Gasteiger partial charge in [0.25, 0.3) is 0 Å². The molecule has 0 saturated carbocycles. The second kappa shape index (κ2) is 4.44. The number of nitrogens with zero attached hydrogens (tertiary/aromatic N) is 1. The Morgan fingerprint density at radius 2 is 2.11 bits per heavy atom. The van der Waals surface area contributed by atoms with E-state index < -0.39 is 0 Å². The molecule has 0 amide bonds. The monoisotopic (exact) mass is 282 g/mol. The molecule has 2 aromatic rings. The Bertz CT molecular complexity index is 614. The van der Waals surface area contributed by atoms with Crippen LogP contribution in [0, 0.1) is 0 Å². The van der Waals surface area contributed by atoms with E-state index in [0.29, 0.717) is 5.02 Å². The van der Waals surface area contributed by atoms with Gasteiger partial charge in [0.2, 0.25) is 0 Å². The fourth-order valence-corrected chi connectivity index (χ4v) is 3.61. The first-order valence-electron chi connectivity index (χ1n) is 6.32. The van der Waals surface area contributed by atoms with E-state index >= 15 is 0 Å². The number of nitrogens with two attached hydrogens (primary N) is 1. The highest BCUT2D eigenvalue weighted by Crippen LogP contribution is 2.38. The summed E-state index contributed by atoms with van der Waals surface area (Å²) in [5.41, 5.74) is 9.88. The number of fused-ring (bicyclic) bond motifs is 3. The summed E-state index contributed by atoms with van der Waals surface area (Å²) in [6, 6.07) is 3.96. The van der Waals surface area contributed by atoms with Crippen molar-refractivity contribution in [3.05, 3.63) is 33.4 Å². The standard InChI is InChI=1S/C14H16Cl2N2/c1-8(17)7-18-12-4-2-3-10(12)14-11(16)5-9(15)6-13(14)18/h5-6,8H,2-4,7,17H2,1H3/t8-/m0/s1. The van der Waals surface area contributed by atoms with E-state index in [9.17, 15) is 0 Å². The average molecular weight is 283 g/mol. The molecule has 0 aliphatic heterocycles. The second-order valence-corrected chi connectivity index (χ2v) is 5.99. The molecule has 3 rings (SSSR count). The lowest BCUT2D eigenvalue weighted by molar-refractivity contribution is 0.588. The third-order valence-electron chi connectivity index (χ3n) is 3.61. The van der Waals surface area contributed by atoms with Crippen molar-refractivity contribution in [3.8, 4) is 0 Å². The molecule has 1 aliphatic rings. The van der Waals surface area contributed by atoms with E-state index in [2.05, 4.69) is 4.57 Å². The minimum absolute atomic E-state index is 0.128. The topological polar surface area (TPSA) is 30.9 Å². The van der Waals surface area contributed by atoms with Gasteiger partial charge in [-0.2, -0.15) is 0 Å². The van der Waals surface area contributed by atoms with Gasteiger partial charge in [0.1, 0.15) is 0 Å². The van der Waals surface area contributed by atoms with Gasteiger partial charge in [-0.3, -0.25) is 0 Å². The second-order valence-electron chi connectivity index (χ2n) is 5.15. The fourth-order valence-electron chi connectivity index (χ4n) is 3.01. The summed E-state index contributed by atoms with van der Waals surface area (Å²) in [5, 5.41) is 2.63. The maximum Gasteiger partial charge on any atom is 0.0517 e. The molecule has 18 heavy (non-hydrogen) atoms. The maximum absolute atomic E-state index is 6.37. The van der Waals surface area contributed by atoms with Crippen LogP contribution < -0.4 is 5.73 Å². The summed E-state index contributed by atoms with van der Waals surface area (Å²) in [5.74, 6) is 0. The SMILES string of the molecule is C[C@H](N)Cn1c2c(c3c(Cl)cc(Cl)cc31)CCC2. The Balaban J connectivity index is 2.33. The van der Waals surface area contributed by atoms with Crippen molar-refractivity contribution in [1.29, 1.82) is 0 Å². The number of aromatic nitrogens is 1. The Morgan fingerprint density at radius 1 is 1.33 bits per heavy atom. The summed E-state index contributed by atoms with van der Waals surface area (Å²) < 4.78 is 2.31. The van der Waals surface area contributed by atoms with E-state index in [-0.39, 0.29) is 6.04 Å². The molecule has 1 atom stereocenters. The zero-order valence-corrected chi connectivity index (χ0v) is 11.9. The van der Waals surface area contributed by atoms with Gasteiger partial charge in [-0.1, -0.05) is 23.2 Å². The van der Waals surface area contributed by atoms with Crippen molar-refractivity contribution < 1.29 is 0 Å². The first-order valence-corrected chi connectivity index (χ1v) is 7.08. The molecule has 0 fully saturated rings. The van der Waals surface area contributed by atoms with Gasteiger partial charge in [-0.15, -0.1) is 0 Å². The van der Waals surface area contributed by atoms with Gasteiger partial charge < -0.3 is 10.3 Å². The number of halogens is 2. The molecule has 2 nitrogen and oxygen atoms in total. The van der Waals surface area contributed by atoms with Crippen LogP contribution in [0.5, 0.6) is 0 Å². The number of benzene rings is 1. The average Bonchev–Trinajstić information content (AvgIpc) is 2.81. The van der Waals surface area contributed by atoms with Crippen LogP contribution in [0.1, 0.15) is 24.6 Å². The van der Waals surface area contributed by atoms with Gasteiger partial charge in [0, 0.05) is 28.7 Å². The summed E-state index contributed by atoms with van der Waals surface area (Å²) >= 11 is 12.5. The van der Waals surface area contributed by atoms with Crippen molar-refractivity contribution in [1.82, 2.24) is 4.57 Å². The van der Waals surface area contributed by atoms with Crippen LogP contribution in [0.15, 0.2) is 12.1 Å². The normalized spacial score (nSPS) is 16.2. The summed E-state index contributed by atoms with van der Waals surface area (Å²) in [6.07, 6.45) is 3.43. The van der Waals surface area contributed by atoms with Gasteiger partial charge in [0.05, 0.1) is 10.5 Å². The summed E-state index contributed by atoms with van der Waals surface area (Å²) in [4.78, 5) is 0. The van der Waals surface area contributed by atoms with E-state index in [4.69, 9.17) is 28.9 Å². The van der Waals surface area contributed by atoms with Crippen LogP contribution in [-0.4, -0.2) is 10.6 Å². The van der Waals surface area contributed by atoms with Gasteiger partial charge in [-0.25, -0.2) is 0 Å². The first-order chi connectivity index (χ1) is 8.58. The molecular formula is C14H16Cl2N2. The van der Waals surface area contributed by atoms with Crippen molar-refractivity contribution >= 4 is 34.1 Å². The largest absolute Gasteiger partial charge is 0.343 e. The van der Waals surface area contributed by atoms with E-state index in [0.717, 1.165) is 29.9 Å². The van der Waals surface area contributed by atoms with E-state index in [1.807, 2.05) is 19.1 Å². The van der Waals surface area contributed by atoms with Crippen LogP contribution >= 0.6 is 23.2 Å². The number of rotatable bonds is 2. The molecule has 2 N–H and O–H groups in total. The predicted octanol–water partition coefficient (Wildman–Crippen LogP) is 3.78. The molecule has 96 valence electrons. The molecule has 4 heteroatoms. The number of hydrogen-bond acceptors (Lipinski definition) is 1. The lowest BCUT2D eigenvalue weighted by Gasteiger charge is -2.12. The van der Waals surface area contributed by atoms with E-state index in [1.165, 1.54) is 23.1 Å². The minimum Gasteiger partial charge on any atom is -0.343 e. The first kappa shape index (κ1) is 12.3. The molecule has 0 spiro atoms. The number of aryl methyl sites for hydroxylation is 1. The molecule has 1 aromatic heterocycles. The lowest BCUT2D eigenvalue weighted by Crippen LogP contribution is -2.23. The highest BCUT2D eigenvalue weighted by Gasteiger charge is 2.23. The van der Waals surface area contributed by atoms with Crippen LogP contribution in [0.25, 0.3) is 10.9 Å². The van der Waals surface area contributed by atoms with Crippen molar-refractivity contribution in [2.24, 2.45) is 5.73 Å². The van der Waals surface area contributed by atoms with Crippen molar-refractivity contribution in [2.75, 3.05) is 0 Å². The molecular weight excluding hydrogens is 267 g/mol. The zero-order chi connectivity index (χ0) is 12.9. The van der Waals surface area contributed by atoms with Crippen LogP contribution in [-0.2, 0) is 19.4 Å². The minimum atomic E-state index is 0.128. The quantitative estimate of drug-likeness (QED) is 0.893. The Labute approximate surface area is 117 Å². The predicted molar refractivity (Wildman–Crippen MR) is 77.6 cm³/mol. The molecule has 0 saturated heterocycles. The van der Waals surface area contributed by atoms with Gasteiger partial charge >= 0.3 is 0 Å². The van der Waals surface area contributed by atoms with Gasteiger partial charge in [-0.05, 0) is 43.9 Å². The Kier molecular flexibility index (Phi) is 3.05. The molecule has 0 radical (unpaired) electrons. The molecule has 0 unspecified atom stereocenters. The van der Waals surface area contributed by atoms with Crippen LogP contribution in [0.4, 0.5) is 0 Å². The molecule has 1 heterocycles. The van der Waals surface area contributed by atoms with Crippen molar-refractivity contribution in [3.63, 3.8) is 0 Å². The smallest absolute Gasteiger partial charge is 0.0517 e. The van der Waals surface area contributed by atoms with Gasteiger partial charge in [0.15, 0.2) is 0 Å². The maximum atomic E-state index is 6.37. The number of hydrogen-bond donors (Lipinski definition) is 1. The fraction of sp³-hybridized carbons (Fsp3) is 0.429. The Hall–Kier alpha value is -0.700. The molecule has 1 aliphatic carbocycles. The third kappa shape index (κ3) is 1.83. The Morgan fingerprint density at radius 3 is 2.83 bits per heavy atom. The third-order valence-corrected chi connectivity index (χ3v) is 4.13. The van der Waals surface area contributed by atoms with Crippen LogP contribution in [0.2, 0.25) is 10.0 Å². The lowest BCUT2D eigenvalue weighted by atomic mass is 10.1. The summed E-state index contributed by atoms with van der Waals surface area (Å²) in [6.45, 7) is 2.85. The molecule has 0 bridgehead atoms. The van der Waals surface area contributed by atoms with Crippen molar-refractivity contribution in [2.45, 2.75) is 38.8 Å². The highest BCUT2D eigenvalue weighted by molar-refractivity contribution is 6.38. The van der Waals surface area contributed by atoms with E-state index in [1.54, 1.807) is 0 Å². The zero-order valence-electron chi connectivity index (χ0n) is 10.3. The summed E-state index contributed by atoms with van der Waals surface area (Å²) in [7, 11) is 0. The highest BCUT2D eigenvalue weighted by atomic mass is 35.5. The van der Waals surface area contributed by atoms with Crippen LogP contribution in [0.3, 0.4) is 0 Å². The molecule has 1 aromatic carbocycles.